The highest BCUT2D eigenvalue weighted by Crippen LogP contribution is 2.55. The second-order valence-corrected chi connectivity index (χ2v) is 8.80. The van der Waals surface area contributed by atoms with Gasteiger partial charge in [-0.25, -0.2) is 0 Å². The van der Waals surface area contributed by atoms with Gasteiger partial charge >= 0.3 is 0 Å². The normalized spacial score (nSPS) is 20.1. The minimum Gasteiger partial charge on any atom is -0.258 e. The molecule has 148 valence electrons. The molecular formula is C22H26N2O4. The number of hydrogen-bond acceptors (Lipinski definition) is 4. The summed E-state index contributed by atoms with van der Waals surface area (Å²) in [7, 11) is 0. The maximum absolute atomic E-state index is 11.6. The third kappa shape index (κ3) is 2.54. The van der Waals surface area contributed by atoms with Gasteiger partial charge < -0.3 is 0 Å². The second kappa shape index (κ2) is 6.12. The highest BCUT2D eigenvalue weighted by molar-refractivity contribution is 5.62. The number of benzene rings is 2. The molecule has 3 rings (SSSR count). The Hall–Kier alpha value is -2.76. The molecule has 1 aliphatic rings. The first kappa shape index (κ1) is 20.0. The first-order valence-corrected chi connectivity index (χ1v) is 9.37. The minimum atomic E-state index is -0.331. The van der Waals surface area contributed by atoms with Crippen LogP contribution in [0, 0.1) is 47.9 Å². The van der Waals surface area contributed by atoms with Crippen molar-refractivity contribution >= 4 is 11.4 Å². The topological polar surface area (TPSA) is 86.3 Å². The van der Waals surface area contributed by atoms with Crippen molar-refractivity contribution in [2.75, 3.05) is 0 Å². The Kier molecular flexibility index (Phi) is 4.37. The summed E-state index contributed by atoms with van der Waals surface area (Å²) >= 11 is 0. The lowest BCUT2D eigenvalue weighted by Crippen LogP contribution is -2.39. The first-order valence-electron chi connectivity index (χ1n) is 9.37. The fourth-order valence-corrected chi connectivity index (χ4v) is 4.98. The molecule has 0 spiro atoms. The molecule has 0 bridgehead atoms. The molecule has 0 amide bonds. The predicted molar refractivity (Wildman–Crippen MR) is 109 cm³/mol. The van der Waals surface area contributed by atoms with Crippen LogP contribution in [0.25, 0.3) is 0 Å². The molecule has 1 atom stereocenters. The van der Waals surface area contributed by atoms with Crippen molar-refractivity contribution < 1.29 is 9.85 Å². The maximum Gasteiger partial charge on any atom is 0.275 e. The Labute approximate surface area is 164 Å². The molecule has 0 N–H and O–H groups in total. The average molecular weight is 382 g/mol. The summed E-state index contributed by atoms with van der Waals surface area (Å²) in [5.41, 5.74) is 5.63. The van der Waals surface area contributed by atoms with Gasteiger partial charge in [0.15, 0.2) is 0 Å². The molecule has 0 heterocycles. The maximum atomic E-state index is 11.6. The lowest BCUT2D eigenvalue weighted by molar-refractivity contribution is -0.386. The summed E-state index contributed by atoms with van der Waals surface area (Å²) < 4.78 is 0. The molecule has 0 saturated carbocycles. The highest BCUT2D eigenvalue weighted by Gasteiger charge is 2.51. The molecule has 0 radical (unpaired) electrons. The standard InChI is InChI=1S/C22H26N2O4/c1-12-8-16(9-13(2)19(12)23(25)26)22(7)11-17-15(4)20(24(27)28)14(3)10-18(17)21(22,5)6/h8-10H,11H2,1-7H3/t22-/m0/s1. The van der Waals surface area contributed by atoms with Crippen LogP contribution in [0.5, 0.6) is 0 Å². The monoisotopic (exact) mass is 382 g/mol. The molecular weight excluding hydrogens is 356 g/mol. The van der Waals surface area contributed by atoms with Gasteiger partial charge in [-0.3, -0.25) is 20.2 Å². The van der Waals surface area contributed by atoms with Crippen molar-refractivity contribution in [3.8, 4) is 0 Å². The number of nitrogens with zero attached hydrogens (tertiary/aromatic N) is 2. The van der Waals surface area contributed by atoms with E-state index in [0.29, 0.717) is 23.1 Å². The molecule has 0 unspecified atom stereocenters. The molecule has 28 heavy (non-hydrogen) atoms. The van der Waals surface area contributed by atoms with E-state index in [0.717, 1.165) is 22.3 Å². The number of rotatable bonds is 3. The second-order valence-electron chi connectivity index (χ2n) is 8.80. The summed E-state index contributed by atoms with van der Waals surface area (Å²) in [6.07, 6.45) is 0.666. The Balaban J connectivity index is 2.25. The van der Waals surface area contributed by atoms with E-state index < -0.39 is 0 Å². The van der Waals surface area contributed by atoms with Crippen molar-refractivity contribution in [3.05, 3.63) is 77.4 Å². The van der Waals surface area contributed by atoms with E-state index in [4.69, 9.17) is 0 Å². The Morgan fingerprint density at radius 2 is 1.29 bits per heavy atom. The molecule has 1 aliphatic carbocycles. The number of nitro groups is 2. The summed E-state index contributed by atoms with van der Waals surface area (Å²) in [6.45, 7) is 13.6. The van der Waals surface area contributed by atoms with Crippen LogP contribution in [0.3, 0.4) is 0 Å². The Bertz CT molecular complexity index is 1020. The van der Waals surface area contributed by atoms with Crippen molar-refractivity contribution in [2.45, 2.75) is 65.7 Å². The van der Waals surface area contributed by atoms with E-state index in [2.05, 4.69) is 20.8 Å². The van der Waals surface area contributed by atoms with Gasteiger partial charge in [-0.15, -0.1) is 0 Å². The summed E-state index contributed by atoms with van der Waals surface area (Å²) in [6, 6.07) is 5.78. The van der Waals surface area contributed by atoms with Gasteiger partial charge in [0.1, 0.15) is 0 Å². The van der Waals surface area contributed by atoms with Crippen molar-refractivity contribution in [1.82, 2.24) is 0 Å². The fraction of sp³-hybridized carbons (Fsp3) is 0.455. The van der Waals surface area contributed by atoms with Gasteiger partial charge in [-0.2, -0.15) is 0 Å². The lowest BCUT2D eigenvalue weighted by Gasteiger charge is -2.40. The van der Waals surface area contributed by atoms with Gasteiger partial charge in [-0.1, -0.05) is 20.8 Å². The number of hydrogen-bond donors (Lipinski definition) is 0. The minimum absolute atomic E-state index is 0.156. The van der Waals surface area contributed by atoms with E-state index in [1.165, 1.54) is 0 Å². The molecule has 2 aromatic rings. The zero-order chi connectivity index (χ0) is 21.2. The van der Waals surface area contributed by atoms with Crippen molar-refractivity contribution in [1.29, 1.82) is 0 Å². The SMILES string of the molecule is Cc1cc([C@]2(C)Cc3c(cc(C)c([N+](=O)[O-])c3C)C2(C)C)cc(C)c1[N+](=O)[O-]. The van der Waals surface area contributed by atoms with E-state index in [1.807, 2.05) is 25.1 Å². The van der Waals surface area contributed by atoms with Gasteiger partial charge in [0.2, 0.25) is 0 Å². The lowest BCUT2D eigenvalue weighted by atomic mass is 9.63. The van der Waals surface area contributed by atoms with E-state index in [1.54, 1.807) is 20.8 Å². The first-order chi connectivity index (χ1) is 12.8. The summed E-state index contributed by atoms with van der Waals surface area (Å²) in [4.78, 5) is 22.3. The average Bonchev–Trinajstić information content (AvgIpc) is 2.75. The van der Waals surface area contributed by atoms with Crippen LogP contribution in [0.1, 0.15) is 59.7 Å². The van der Waals surface area contributed by atoms with E-state index in [9.17, 15) is 20.2 Å². The molecule has 0 aromatic heterocycles. The quantitative estimate of drug-likeness (QED) is 0.516. The van der Waals surface area contributed by atoms with Crippen molar-refractivity contribution in [2.24, 2.45) is 0 Å². The van der Waals surface area contributed by atoms with Crippen LogP contribution in [0.15, 0.2) is 18.2 Å². The zero-order valence-corrected chi connectivity index (χ0v) is 17.5. The zero-order valence-electron chi connectivity index (χ0n) is 17.5. The molecule has 0 saturated heterocycles. The summed E-state index contributed by atoms with van der Waals surface area (Å²) in [5.74, 6) is 0. The van der Waals surface area contributed by atoms with Gasteiger partial charge in [-0.05, 0) is 74.4 Å². The van der Waals surface area contributed by atoms with Gasteiger partial charge in [0.25, 0.3) is 11.4 Å². The molecule has 6 nitrogen and oxygen atoms in total. The van der Waals surface area contributed by atoms with Gasteiger partial charge in [0, 0.05) is 27.7 Å². The molecule has 6 heteroatoms. The van der Waals surface area contributed by atoms with Crippen LogP contribution in [-0.4, -0.2) is 9.85 Å². The summed E-state index contributed by atoms with van der Waals surface area (Å²) in [5, 5.41) is 23.0. The largest absolute Gasteiger partial charge is 0.275 e. The number of aryl methyl sites for hydroxylation is 3. The van der Waals surface area contributed by atoms with E-state index >= 15 is 0 Å². The van der Waals surface area contributed by atoms with Gasteiger partial charge in [0.05, 0.1) is 9.85 Å². The van der Waals surface area contributed by atoms with Crippen LogP contribution in [0.4, 0.5) is 11.4 Å². The third-order valence-electron chi connectivity index (χ3n) is 6.94. The fourth-order valence-electron chi connectivity index (χ4n) is 4.98. The predicted octanol–water partition coefficient (Wildman–Crippen LogP) is 5.53. The number of fused-ring (bicyclic) bond motifs is 1. The molecule has 0 aliphatic heterocycles. The van der Waals surface area contributed by atoms with E-state index in [-0.39, 0.29) is 32.1 Å². The Morgan fingerprint density at radius 3 is 1.75 bits per heavy atom. The van der Waals surface area contributed by atoms with Crippen LogP contribution >= 0.6 is 0 Å². The highest BCUT2D eigenvalue weighted by atomic mass is 16.6. The number of nitro benzene ring substituents is 2. The van der Waals surface area contributed by atoms with Crippen molar-refractivity contribution in [3.63, 3.8) is 0 Å². The smallest absolute Gasteiger partial charge is 0.258 e. The molecule has 2 aromatic carbocycles. The van der Waals surface area contributed by atoms with Crippen LogP contribution in [-0.2, 0) is 17.3 Å². The van der Waals surface area contributed by atoms with Crippen LogP contribution < -0.4 is 0 Å². The Morgan fingerprint density at radius 1 is 0.821 bits per heavy atom. The van der Waals surface area contributed by atoms with Crippen LogP contribution in [0.2, 0.25) is 0 Å². The third-order valence-corrected chi connectivity index (χ3v) is 6.94. The molecule has 0 fully saturated rings.